The smallest absolute Gasteiger partial charge is 0.149 e. The molecule has 22 heavy (non-hydrogen) atoms. The van der Waals surface area contributed by atoms with Crippen molar-refractivity contribution in [1.29, 1.82) is 0 Å². The monoisotopic (exact) mass is 315 g/mol. The molecule has 3 aromatic rings. The number of nitrogens with zero attached hydrogens (tertiary/aromatic N) is 2. The number of benzene rings is 1. The summed E-state index contributed by atoms with van der Waals surface area (Å²) in [6.45, 7) is 6.04. The minimum Gasteiger partial charge on any atom is -0.376 e. The number of pyridine rings is 1. The molecule has 0 saturated heterocycles. The quantitative estimate of drug-likeness (QED) is 0.746. The van der Waals surface area contributed by atoms with Crippen LogP contribution in [0.15, 0.2) is 29.6 Å². The molecule has 114 valence electrons. The van der Waals surface area contributed by atoms with Crippen molar-refractivity contribution < 1.29 is 4.39 Å². The average Bonchev–Trinajstić information content (AvgIpc) is 2.97. The Bertz CT molecular complexity index is 813. The van der Waals surface area contributed by atoms with Crippen molar-refractivity contribution in [1.82, 2.24) is 9.97 Å². The summed E-state index contributed by atoms with van der Waals surface area (Å²) in [5.41, 5.74) is 3.10. The van der Waals surface area contributed by atoms with Crippen LogP contribution in [-0.2, 0) is 6.42 Å². The molecule has 1 N–H and O–H groups in total. The first-order valence-corrected chi connectivity index (χ1v) is 8.23. The van der Waals surface area contributed by atoms with E-state index in [2.05, 4.69) is 34.5 Å². The first-order chi connectivity index (χ1) is 10.6. The van der Waals surface area contributed by atoms with Crippen molar-refractivity contribution in [3.63, 3.8) is 0 Å². The van der Waals surface area contributed by atoms with E-state index in [1.54, 1.807) is 17.4 Å². The molecule has 0 bridgehead atoms. The van der Waals surface area contributed by atoms with Gasteiger partial charge in [-0.3, -0.25) is 0 Å². The van der Waals surface area contributed by atoms with Gasteiger partial charge >= 0.3 is 0 Å². The van der Waals surface area contributed by atoms with Gasteiger partial charge in [0.05, 0.1) is 16.7 Å². The van der Waals surface area contributed by atoms with Gasteiger partial charge in [-0.15, -0.1) is 11.3 Å². The lowest BCUT2D eigenvalue weighted by molar-refractivity contribution is 0.636. The highest BCUT2D eigenvalue weighted by Crippen LogP contribution is 2.28. The Morgan fingerprint density at radius 3 is 2.86 bits per heavy atom. The van der Waals surface area contributed by atoms with Gasteiger partial charge in [-0.25, -0.2) is 14.4 Å². The maximum atomic E-state index is 14.0. The van der Waals surface area contributed by atoms with Crippen LogP contribution in [0.3, 0.4) is 0 Å². The number of nitrogens with one attached hydrogen (secondary N) is 1. The summed E-state index contributed by atoms with van der Waals surface area (Å²) in [5, 5.41) is 7.45. The van der Waals surface area contributed by atoms with Crippen molar-refractivity contribution >= 4 is 27.9 Å². The highest BCUT2D eigenvalue weighted by Gasteiger charge is 2.13. The van der Waals surface area contributed by atoms with Gasteiger partial charge in [0.2, 0.25) is 0 Å². The van der Waals surface area contributed by atoms with Gasteiger partial charge in [-0.1, -0.05) is 19.1 Å². The third kappa shape index (κ3) is 2.81. The molecule has 2 aromatic heterocycles. The van der Waals surface area contributed by atoms with Crippen molar-refractivity contribution in [2.24, 2.45) is 0 Å². The second-order valence-electron chi connectivity index (χ2n) is 5.33. The van der Waals surface area contributed by atoms with E-state index in [1.165, 1.54) is 6.07 Å². The lowest BCUT2D eigenvalue weighted by Gasteiger charge is -2.16. The second kappa shape index (κ2) is 6.01. The number of aromatic nitrogens is 2. The van der Waals surface area contributed by atoms with E-state index in [0.717, 1.165) is 33.9 Å². The molecule has 0 saturated carbocycles. The molecule has 0 aliphatic heterocycles. The largest absolute Gasteiger partial charge is 0.376 e. The van der Waals surface area contributed by atoms with Gasteiger partial charge in [-0.05, 0) is 32.4 Å². The van der Waals surface area contributed by atoms with Crippen LogP contribution < -0.4 is 5.32 Å². The van der Waals surface area contributed by atoms with Crippen molar-refractivity contribution in [3.8, 4) is 0 Å². The van der Waals surface area contributed by atoms with Crippen LogP contribution >= 0.6 is 11.3 Å². The van der Waals surface area contributed by atoms with E-state index in [-0.39, 0.29) is 11.9 Å². The first-order valence-electron chi connectivity index (χ1n) is 7.35. The maximum absolute atomic E-state index is 14.0. The number of anilines is 1. The van der Waals surface area contributed by atoms with Crippen molar-refractivity contribution in [2.45, 2.75) is 33.2 Å². The Labute approximate surface area is 133 Å². The standard InChI is InChI=1S/C17H18FN3S/c1-4-16-21-15(9-22-16)11(3)20-14-8-10(2)19-17-12(14)6-5-7-13(17)18/h5-9,11H,4H2,1-3H3,(H,19,20). The first kappa shape index (κ1) is 14.9. The van der Waals surface area contributed by atoms with Crippen molar-refractivity contribution in [3.05, 3.63) is 51.9 Å². The molecular weight excluding hydrogens is 297 g/mol. The van der Waals surface area contributed by atoms with E-state index in [4.69, 9.17) is 0 Å². The molecule has 1 atom stereocenters. The van der Waals surface area contributed by atoms with E-state index >= 15 is 0 Å². The van der Waals surface area contributed by atoms with Crippen LogP contribution in [0.2, 0.25) is 0 Å². The highest BCUT2D eigenvalue weighted by molar-refractivity contribution is 7.09. The second-order valence-corrected chi connectivity index (χ2v) is 6.28. The van der Waals surface area contributed by atoms with Crippen LogP contribution in [0.4, 0.5) is 10.1 Å². The van der Waals surface area contributed by atoms with Crippen LogP contribution in [0.5, 0.6) is 0 Å². The number of thiazole rings is 1. The molecule has 0 aliphatic rings. The molecule has 0 fully saturated rings. The Morgan fingerprint density at radius 2 is 2.14 bits per heavy atom. The zero-order chi connectivity index (χ0) is 15.7. The molecule has 0 amide bonds. The van der Waals surface area contributed by atoms with E-state index < -0.39 is 0 Å². The normalized spacial score (nSPS) is 12.5. The minimum absolute atomic E-state index is 0.0600. The number of para-hydroxylation sites is 1. The third-order valence-electron chi connectivity index (χ3n) is 3.61. The molecular formula is C17H18FN3S. The Hall–Kier alpha value is -2.01. The van der Waals surface area contributed by atoms with E-state index in [0.29, 0.717) is 5.52 Å². The zero-order valence-corrected chi connectivity index (χ0v) is 13.7. The Balaban J connectivity index is 1.98. The number of halogens is 1. The van der Waals surface area contributed by atoms with Crippen LogP contribution in [0.1, 0.15) is 36.3 Å². The van der Waals surface area contributed by atoms with Gasteiger partial charge < -0.3 is 5.32 Å². The van der Waals surface area contributed by atoms with Gasteiger partial charge in [0.25, 0.3) is 0 Å². The molecule has 0 spiro atoms. The fraction of sp³-hybridized carbons (Fsp3) is 0.294. The number of rotatable bonds is 4. The van der Waals surface area contributed by atoms with Crippen molar-refractivity contribution in [2.75, 3.05) is 5.32 Å². The van der Waals surface area contributed by atoms with E-state index in [1.807, 2.05) is 19.1 Å². The molecule has 5 heteroatoms. The third-order valence-corrected chi connectivity index (χ3v) is 4.62. The molecule has 1 unspecified atom stereocenters. The average molecular weight is 315 g/mol. The summed E-state index contributed by atoms with van der Waals surface area (Å²) in [7, 11) is 0. The summed E-state index contributed by atoms with van der Waals surface area (Å²) < 4.78 is 14.0. The van der Waals surface area contributed by atoms with E-state index in [9.17, 15) is 4.39 Å². The summed E-state index contributed by atoms with van der Waals surface area (Å²) >= 11 is 1.67. The topological polar surface area (TPSA) is 37.8 Å². The van der Waals surface area contributed by atoms with Gasteiger partial charge in [0, 0.05) is 22.1 Å². The van der Waals surface area contributed by atoms with Gasteiger partial charge in [-0.2, -0.15) is 0 Å². The fourth-order valence-corrected chi connectivity index (χ4v) is 3.29. The number of fused-ring (bicyclic) bond motifs is 1. The van der Waals surface area contributed by atoms with Crippen LogP contribution in [-0.4, -0.2) is 9.97 Å². The lowest BCUT2D eigenvalue weighted by atomic mass is 10.1. The number of aryl methyl sites for hydroxylation is 2. The van der Waals surface area contributed by atoms with Gasteiger partial charge in [0.15, 0.2) is 0 Å². The molecule has 3 rings (SSSR count). The molecule has 0 radical (unpaired) electrons. The summed E-state index contributed by atoms with van der Waals surface area (Å²) in [4.78, 5) is 8.92. The van der Waals surface area contributed by atoms with Gasteiger partial charge in [0.1, 0.15) is 11.3 Å². The predicted molar refractivity (Wildman–Crippen MR) is 90.0 cm³/mol. The molecule has 0 aliphatic carbocycles. The Morgan fingerprint density at radius 1 is 1.32 bits per heavy atom. The Kier molecular flexibility index (Phi) is 4.07. The molecule has 1 aromatic carbocycles. The van der Waals surface area contributed by atoms with Crippen LogP contribution in [0, 0.1) is 12.7 Å². The molecule has 3 nitrogen and oxygen atoms in total. The SMILES string of the molecule is CCc1nc(C(C)Nc2cc(C)nc3c(F)cccc23)cs1. The predicted octanol–water partition coefficient (Wildman–Crippen LogP) is 4.87. The minimum atomic E-state index is -0.293. The fourth-order valence-electron chi connectivity index (χ4n) is 2.45. The zero-order valence-electron chi connectivity index (χ0n) is 12.9. The summed E-state index contributed by atoms with van der Waals surface area (Å²) in [5.74, 6) is -0.293. The van der Waals surface area contributed by atoms with Crippen LogP contribution in [0.25, 0.3) is 10.9 Å². The maximum Gasteiger partial charge on any atom is 0.149 e. The lowest BCUT2D eigenvalue weighted by Crippen LogP contribution is -2.08. The molecule has 2 heterocycles. The summed E-state index contributed by atoms with van der Waals surface area (Å²) in [6, 6.07) is 7.05. The number of hydrogen-bond donors (Lipinski definition) is 1. The number of hydrogen-bond acceptors (Lipinski definition) is 4. The highest BCUT2D eigenvalue weighted by atomic mass is 32.1. The summed E-state index contributed by atoms with van der Waals surface area (Å²) in [6.07, 6.45) is 0.944.